The average Bonchev–Trinajstić information content (AvgIpc) is 2.31. The molecule has 1 aromatic carbocycles. The molecule has 0 saturated carbocycles. The van der Waals surface area contributed by atoms with Crippen molar-refractivity contribution in [1.82, 2.24) is 5.32 Å². The van der Waals surface area contributed by atoms with E-state index in [1.807, 2.05) is 0 Å². The lowest BCUT2D eigenvalue weighted by Gasteiger charge is -2.20. The molecule has 0 bridgehead atoms. The van der Waals surface area contributed by atoms with Gasteiger partial charge in [0.1, 0.15) is 11.6 Å². The van der Waals surface area contributed by atoms with Crippen molar-refractivity contribution in [1.29, 1.82) is 0 Å². The summed E-state index contributed by atoms with van der Waals surface area (Å²) in [7, 11) is 1.54. The lowest BCUT2D eigenvalue weighted by atomic mass is 10.1. The minimum absolute atomic E-state index is 0.215. The van der Waals surface area contributed by atoms with Gasteiger partial charge >= 0.3 is 0 Å². The van der Waals surface area contributed by atoms with Crippen LogP contribution in [0.25, 0.3) is 0 Å². The van der Waals surface area contributed by atoms with Gasteiger partial charge in [0.15, 0.2) is 0 Å². The van der Waals surface area contributed by atoms with Crippen LogP contribution >= 0.6 is 22.6 Å². The molecule has 2 nitrogen and oxygen atoms in total. The minimum Gasteiger partial charge on any atom is -0.497 e. The van der Waals surface area contributed by atoms with E-state index < -0.39 is 0 Å². The first-order chi connectivity index (χ1) is 8.08. The van der Waals surface area contributed by atoms with Crippen LogP contribution in [0.4, 0.5) is 4.39 Å². The van der Waals surface area contributed by atoms with E-state index in [0.29, 0.717) is 29.8 Å². The van der Waals surface area contributed by atoms with Crippen LogP contribution in [-0.4, -0.2) is 17.6 Å². The third kappa shape index (κ3) is 4.43. The van der Waals surface area contributed by atoms with E-state index >= 15 is 0 Å². The van der Waals surface area contributed by atoms with Gasteiger partial charge in [0.25, 0.3) is 0 Å². The molecule has 0 amide bonds. The Morgan fingerprint density at radius 2 is 2.12 bits per heavy atom. The number of hydrogen-bond acceptors (Lipinski definition) is 2. The van der Waals surface area contributed by atoms with Crippen molar-refractivity contribution in [3.63, 3.8) is 0 Å². The Balaban J connectivity index is 2.63. The van der Waals surface area contributed by atoms with Crippen LogP contribution in [0.1, 0.15) is 19.4 Å². The number of alkyl halides is 1. The van der Waals surface area contributed by atoms with Crippen molar-refractivity contribution in [3.05, 3.63) is 29.6 Å². The molecule has 0 heterocycles. The predicted molar refractivity (Wildman–Crippen MR) is 77.3 cm³/mol. The Morgan fingerprint density at radius 1 is 1.41 bits per heavy atom. The van der Waals surface area contributed by atoms with Gasteiger partial charge in [-0.05, 0) is 12.0 Å². The molecule has 0 spiro atoms. The molecule has 0 aliphatic carbocycles. The minimum atomic E-state index is -0.215. The maximum atomic E-state index is 13.7. The van der Waals surface area contributed by atoms with Crippen LogP contribution in [0.5, 0.6) is 5.75 Å². The smallest absolute Gasteiger partial charge is 0.131 e. The lowest BCUT2D eigenvalue weighted by Crippen LogP contribution is -2.34. The van der Waals surface area contributed by atoms with Gasteiger partial charge in [-0.1, -0.05) is 42.5 Å². The first-order valence-corrected chi connectivity index (χ1v) is 7.22. The van der Waals surface area contributed by atoms with Gasteiger partial charge in [-0.3, -0.25) is 0 Å². The molecule has 0 fully saturated rings. The molecule has 1 N–H and O–H groups in total. The second kappa shape index (κ2) is 7.16. The van der Waals surface area contributed by atoms with Crippen LogP contribution < -0.4 is 10.1 Å². The Hall–Kier alpha value is -0.360. The van der Waals surface area contributed by atoms with Crippen LogP contribution in [0, 0.1) is 11.7 Å². The molecule has 0 radical (unpaired) electrons. The number of hydrogen-bond donors (Lipinski definition) is 1. The Kier molecular flexibility index (Phi) is 6.19. The fourth-order valence-corrected chi connectivity index (χ4v) is 2.84. The normalized spacial score (nSPS) is 12.8. The maximum Gasteiger partial charge on any atom is 0.131 e. The third-order valence-electron chi connectivity index (χ3n) is 2.79. The molecule has 0 aliphatic rings. The molecular weight excluding hydrogens is 332 g/mol. The van der Waals surface area contributed by atoms with Gasteiger partial charge in [0.05, 0.1) is 7.11 Å². The fraction of sp³-hybridized carbons (Fsp3) is 0.538. The predicted octanol–water partition coefficient (Wildman–Crippen LogP) is 3.38. The Bertz CT molecular complexity index is 357. The van der Waals surface area contributed by atoms with Crippen molar-refractivity contribution >= 4 is 22.6 Å². The van der Waals surface area contributed by atoms with Crippen LogP contribution in [-0.2, 0) is 6.54 Å². The molecule has 1 aromatic rings. The first kappa shape index (κ1) is 14.7. The van der Waals surface area contributed by atoms with Crippen LogP contribution in [0.15, 0.2) is 18.2 Å². The highest BCUT2D eigenvalue weighted by Crippen LogP contribution is 2.16. The zero-order chi connectivity index (χ0) is 12.8. The zero-order valence-electron chi connectivity index (χ0n) is 10.5. The molecule has 0 saturated heterocycles. The monoisotopic (exact) mass is 351 g/mol. The number of nitrogens with one attached hydrogen (secondary N) is 1. The summed E-state index contributed by atoms with van der Waals surface area (Å²) in [6.07, 6.45) is 0. The number of halogens is 2. The summed E-state index contributed by atoms with van der Waals surface area (Å²) in [5.41, 5.74) is 0.682. The van der Waals surface area contributed by atoms with Crippen LogP contribution in [0.3, 0.4) is 0 Å². The largest absolute Gasteiger partial charge is 0.497 e. The average molecular weight is 351 g/mol. The van der Waals surface area contributed by atoms with Gasteiger partial charge < -0.3 is 10.1 Å². The second-order valence-electron chi connectivity index (χ2n) is 4.34. The van der Waals surface area contributed by atoms with Gasteiger partial charge in [-0.2, -0.15) is 0 Å². The van der Waals surface area contributed by atoms with E-state index in [4.69, 9.17) is 4.74 Å². The highest BCUT2D eigenvalue weighted by molar-refractivity contribution is 14.1. The zero-order valence-corrected chi connectivity index (χ0v) is 12.6. The van der Waals surface area contributed by atoms with Crippen molar-refractivity contribution in [2.45, 2.75) is 26.4 Å². The van der Waals surface area contributed by atoms with E-state index in [9.17, 15) is 4.39 Å². The highest BCUT2D eigenvalue weighted by atomic mass is 127. The van der Waals surface area contributed by atoms with Gasteiger partial charge in [-0.15, -0.1) is 0 Å². The summed E-state index contributed by atoms with van der Waals surface area (Å²) in [5.74, 6) is 0.890. The van der Waals surface area contributed by atoms with E-state index in [1.54, 1.807) is 12.1 Å². The molecular formula is C13H19FINO. The molecule has 1 atom stereocenters. The molecule has 4 heteroatoms. The van der Waals surface area contributed by atoms with E-state index in [2.05, 4.69) is 41.8 Å². The quantitative estimate of drug-likeness (QED) is 0.627. The van der Waals surface area contributed by atoms with Crippen molar-refractivity contribution in [3.8, 4) is 5.75 Å². The topological polar surface area (TPSA) is 21.3 Å². The summed E-state index contributed by atoms with van der Waals surface area (Å²) in [5, 5.41) is 3.38. The molecule has 17 heavy (non-hydrogen) atoms. The molecule has 1 unspecified atom stereocenters. The molecule has 96 valence electrons. The maximum absolute atomic E-state index is 13.7. The van der Waals surface area contributed by atoms with Gasteiger partial charge in [-0.25, -0.2) is 4.39 Å². The van der Waals surface area contributed by atoms with Crippen LogP contribution in [0.2, 0.25) is 0 Å². The summed E-state index contributed by atoms with van der Waals surface area (Å²) >= 11 is 2.35. The Labute approximate surface area is 116 Å². The van der Waals surface area contributed by atoms with E-state index in [-0.39, 0.29) is 5.82 Å². The summed E-state index contributed by atoms with van der Waals surface area (Å²) in [4.78, 5) is 0. The summed E-state index contributed by atoms with van der Waals surface area (Å²) in [6, 6.07) is 5.39. The Morgan fingerprint density at radius 3 is 2.59 bits per heavy atom. The van der Waals surface area contributed by atoms with Gasteiger partial charge in [0, 0.05) is 28.6 Å². The third-order valence-corrected chi connectivity index (χ3v) is 3.73. The second-order valence-corrected chi connectivity index (χ2v) is 5.22. The molecule has 0 aliphatic heterocycles. The molecule has 1 rings (SSSR count). The highest BCUT2D eigenvalue weighted by Gasteiger charge is 2.12. The molecule has 0 aromatic heterocycles. The first-order valence-electron chi connectivity index (χ1n) is 5.70. The van der Waals surface area contributed by atoms with Gasteiger partial charge in [0.2, 0.25) is 0 Å². The lowest BCUT2D eigenvalue weighted by molar-refractivity contribution is 0.408. The summed E-state index contributed by atoms with van der Waals surface area (Å²) < 4.78 is 19.7. The van der Waals surface area contributed by atoms with E-state index in [0.717, 1.165) is 4.43 Å². The standard InChI is InChI=1S/C13H19FINO/c1-9(2)13(7-15)16-8-10-4-5-11(17-3)6-12(10)14/h4-6,9,13,16H,7-8H2,1-3H3. The number of ether oxygens (including phenoxy) is 1. The number of rotatable bonds is 6. The van der Waals surface area contributed by atoms with Crippen molar-refractivity contribution in [2.75, 3.05) is 11.5 Å². The SMILES string of the molecule is COc1ccc(CNC(CI)C(C)C)c(F)c1. The van der Waals surface area contributed by atoms with E-state index in [1.165, 1.54) is 13.2 Å². The number of benzene rings is 1. The van der Waals surface area contributed by atoms with Crippen molar-refractivity contribution in [2.24, 2.45) is 5.92 Å². The summed E-state index contributed by atoms with van der Waals surface area (Å²) in [6.45, 7) is 4.89. The van der Waals surface area contributed by atoms with Crippen molar-refractivity contribution < 1.29 is 9.13 Å². The number of methoxy groups -OCH3 is 1. The fourth-order valence-electron chi connectivity index (χ4n) is 1.51.